The highest BCUT2D eigenvalue weighted by atomic mass is 32.1. The van der Waals surface area contributed by atoms with Crippen molar-refractivity contribution >= 4 is 22.3 Å². The van der Waals surface area contributed by atoms with E-state index in [2.05, 4.69) is 10.1 Å². The van der Waals surface area contributed by atoms with E-state index in [9.17, 15) is 10.1 Å². The SMILES string of the molecule is CCOC(=O)c1nc2sc(-c3ccccc3C)nn2c1C#N. The molecule has 0 bridgehead atoms. The maximum Gasteiger partial charge on any atom is 0.360 e. The summed E-state index contributed by atoms with van der Waals surface area (Å²) in [7, 11) is 0. The molecule has 0 saturated heterocycles. The lowest BCUT2D eigenvalue weighted by Gasteiger charge is -2.00. The van der Waals surface area contributed by atoms with Gasteiger partial charge in [-0.2, -0.15) is 14.9 Å². The van der Waals surface area contributed by atoms with Gasteiger partial charge in [0.1, 0.15) is 11.1 Å². The Morgan fingerprint density at radius 2 is 2.23 bits per heavy atom. The number of nitrogens with zero attached hydrogens (tertiary/aromatic N) is 4. The molecule has 7 heteroatoms. The van der Waals surface area contributed by atoms with Gasteiger partial charge in [0.25, 0.3) is 0 Å². The second-order valence-corrected chi connectivity index (χ2v) is 5.51. The molecule has 3 rings (SSSR count). The topological polar surface area (TPSA) is 80.3 Å². The summed E-state index contributed by atoms with van der Waals surface area (Å²) in [5.74, 6) is -0.603. The van der Waals surface area contributed by atoms with Crippen molar-refractivity contribution in [1.82, 2.24) is 14.6 Å². The van der Waals surface area contributed by atoms with Gasteiger partial charge < -0.3 is 4.74 Å². The lowest BCUT2D eigenvalue weighted by atomic mass is 10.1. The average Bonchev–Trinajstić information content (AvgIpc) is 3.05. The Balaban J connectivity index is 2.13. The Morgan fingerprint density at radius 3 is 2.91 bits per heavy atom. The molecule has 0 aliphatic rings. The molecule has 2 heterocycles. The van der Waals surface area contributed by atoms with Gasteiger partial charge in [-0.3, -0.25) is 0 Å². The summed E-state index contributed by atoms with van der Waals surface area (Å²) in [5.41, 5.74) is 2.19. The minimum absolute atomic E-state index is 0.0134. The van der Waals surface area contributed by atoms with Crippen molar-refractivity contribution < 1.29 is 9.53 Å². The van der Waals surface area contributed by atoms with Crippen LogP contribution < -0.4 is 0 Å². The van der Waals surface area contributed by atoms with Crippen molar-refractivity contribution in [3.8, 4) is 16.6 Å². The first-order valence-electron chi connectivity index (χ1n) is 6.68. The first-order chi connectivity index (χ1) is 10.7. The summed E-state index contributed by atoms with van der Waals surface area (Å²) in [5, 5.41) is 14.5. The van der Waals surface area contributed by atoms with Gasteiger partial charge in [0.2, 0.25) is 4.96 Å². The minimum atomic E-state index is -0.603. The molecular formula is C15H12N4O2S. The number of benzene rings is 1. The molecule has 0 amide bonds. The molecule has 0 aliphatic carbocycles. The van der Waals surface area contributed by atoms with Crippen LogP contribution in [0.1, 0.15) is 28.7 Å². The number of carbonyl (C=O) groups excluding carboxylic acids is 1. The predicted molar refractivity (Wildman–Crippen MR) is 81.7 cm³/mol. The van der Waals surface area contributed by atoms with E-state index >= 15 is 0 Å². The zero-order chi connectivity index (χ0) is 15.7. The standard InChI is InChI=1S/C15H12N4O2S/c1-3-21-14(20)12-11(8-16)19-15(17-12)22-13(18-19)10-7-5-4-6-9(10)2/h4-7H,3H2,1-2H3. The Kier molecular flexibility index (Phi) is 3.61. The van der Waals surface area contributed by atoms with E-state index < -0.39 is 5.97 Å². The highest BCUT2D eigenvalue weighted by Gasteiger charge is 2.23. The molecule has 2 aromatic heterocycles. The number of esters is 1. The molecule has 0 aliphatic heterocycles. The van der Waals surface area contributed by atoms with Gasteiger partial charge in [0, 0.05) is 5.56 Å². The first-order valence-corrected chi connectivity index (χ1v) is 7.50. The van der Waals surface area contributed by atoms with E-state index in [0.29, 0.717) is 4.96 Å². The summed E-state index contributed by atoms with van der Waals surface area (Å²) < 4.78 is 6.32. The maximum absolute atomic E-state index is 11.8. The predicted octanol–water partition coefficient (Wildman–Crippen LogP) is 2.81. The number of imidazole rings is 1. The quantitative estimate of drug-likeness (QED) is 0.695. The number of fused-ring (bicyclic) bond motifs is 1. The molecule has 0 unspecified atom stereocenters. The van der Waals surface area contributed by atoms with Crippen LogP contribution in [-0.2, 0) is 4.74 Å². The van der Waals surface area contributed by atoms with Crippen LogP contribution in [0.5, 0.6) is 0 Å². The van der Waals surface area contributed by atoms with Crippen molar-refractivity contribution in [3.05, 3.63) is 41.2 Å². The zero-order valence-corrected chi connectivity index (χ0v) is 12.8. The maximum atomic E-state index is 11.8. The highest BCUT2D eigenvalue weighted by molar-refractivity contribution is 7.19. The van der Waals surface area contributed by atoms with Crippen LogP contribution in [0.4, 0.5) is 0 Å². The molecule has 3 aromatic rings. The average molecular weight is 312 g/mol. The van der Waals surface area contributed by atoms with Gasteiger partial charge in [-0.25, -0.2) is 9.78 Å². The van der Waals surface area contributed by atoms with Crippen molar-refractivity contribution in [2.45, 2.75) is 13.8 Å². The molecule has 22 heavy (non-hydrogen) atoms. The van der Waals surface area contributed by atoms with Crippen LogP contribution in [0.2, 0.25) is 0 Å². The lowest BCUT2D eigenvalue weighted by molar-refractivity contribution is 0.0520. The molecule has 0 saturated carbocycles. The van der Waals surface area contributed by atoms with Crippen LogP contribution in [0.25, 0.3) is 15.5 Å². The molecule has 0 N–H and O–H groups in total. The third kappa shape index (κ3) is 2.23. The van der Waals surface area contributed by atoms with E-state index in [1.165, 1.54) is 15.9 Å². The van der Waals surface area contributed by atoms with E-state index in [1.807, 2.05) is 37.3 Å². The fraction of sp³-hybridized carbons (Fsp3) is 0.200. The number of hydrogen-bond acceptors (Lipinski definition) is 6. The third-order valence-corrected chi connectivity index (χ3v) is 4.10. The van der Waals surface area contributed by atoms with Crippen LogP contribution in [0.15, 0.2) is 24.3 Å². The first kappa shape index (κ1) is 14.2. The number of carbonyl (C=O) groups is 1. The Hall–Kier alpha value is -2.72. The lowest BCUT2D eigenvalue weighted by Crippen LogP contribution is -2.07. The summed E-state index contributed by atoms with van der Waals surface area (Å²) >= 11 is 1.33. The normalized spacial score (nSPS) is 10.6. The summed E-state index contributed by atoms with van der Waals surface area (Å²) in [6.45, 7) is 3.93. The van der Waals surface area contributed by atoms with Crippen molar-refractivity contribution in [2.24, 2.45) is 0 Å². The zero-order valence-electron chi connectivity index (χ0n) is 12.0. The van der Waals surface area contributed by atoms with Gasteiger partial charge >= 0.3 is 5.97 Å². The molecule has 0 spiro atoms. The fourth-order valence-corrected chi connectivity index (χ4v) is 3.10. The van der Waals surface area contributed by atoms with Gasteiger partial charge in [-0.05, 0) is 19.4 Å². The summed E-state index contributed by atoms with van der Waals surface area (Å²) in [6, 6.07) is 9.83. The molecule has 1 aromatic carbocycles. The molecule has 0 radical (unpaired) electrons. The Labute approximate surface area is 130 Å². The van der Waals surface area contributed by atoms with Crippen LogP contribution in [0.3, 0.4) is 0 Å². The van der Waals surface area contributed by atoms with Crippen molar-refractivity contribution in [2.75, 3.05) is 6.61 Å². The number of ether oxygens (including phenoxy) is 1. The van der Waals surface area contributed by atoms with Gasteiger partial charge in [-0.15, -0.1) is 0 Å². The number of rotatable bonds is 3. The van der Waals surface area contributed by atoms with Crippen LogP contribution >= 0.6 is 11.3 Å². The van der Waals surface area contributed by atoms with Crippen molar-refractivity contribution in [1.29, 1.82) is 5.26 Å². The van der Waals surface area contributed by atoms with Gasteiger partial charge in [0.15, 0.2) is 11.4 Å². The fourth-order valence-electron chi connectivity index (χ4n) is 2.11. The van der Waals surface area contributed by atoms with Crippen LogP contribution in [-0.4, -0.2) is 27.2 Å². The number of aromatic nitrogens is 3. The van der Waals surface area contributed by atoms with Crippen molar-refractivity contribution in [3.63, 3.8) is 0 Å². The highest BCUT2D eigenvalue weighted by Crippen LogP contribution is 2.29. The Morgan fingerprint density at radius 1 is 1.45 bits per heavy atom. The molecule has 0 fully saturated rings. The smallest absolute Gasteiger partial charge is 0.360 e. The largest absolute Gasteiger partial charge is 0.461 e. The van der Waals surface area contributed by atoms with E-state index in [4.69, 9.17) is 4.74 Å². The monoisotopic (exact) mass is 312 g/mol. The molecule has 6 nitrogen and oxygen atoms in total. The number of aryl methyl sites for hydroxylation is 1. The van der Waals surface area contributed by atoms with Gasteiger partial charge in [0.05, 0.1) is 6.61 Å². The minimum Gasteiger partial charge on any atom is -0.461 e. The number of nitriles is 1. The van der Waals surface area contributed by atoms with E-state index in [-0.39, 0.29) is 18.0 Å². The second-order valence-electron chi connectivity index (χ2n) is 4.56. The van der Waals surface area contributed by atoms with E-state index in [1.54, 1.807) is 6.92 Å². The van der Waals surface area contributed by atoms with Crippen LogP contribution in [0, 0.1) is 18.3 Å². The second kappa shape index (κ2) is 5.58. The molecule has 0 atom stereocenters. The summed E-state index contributed by atoms with van der Waals surface area (Å²) in [4.78, 5) is 16.5. The molecule has 110 valence electrons. The van der Waals surface area contributed by atoms with E-state index in [0.717, 1.165) is 16.1 Å². The Bertz CT molecular complexity index is 904. The number of hydrogen-bond donors (Lipinski definition) is 0. The van der Waals surface area contributed by atoms with Gasteiger partial charge in [-0.1, -0.05) is 35.6 Å². The molecular weight excluding hydrogens is 300 g/mol. The third-order valence-electron chi connectivity index (χ3n) is 3.15. The summed E-state index contributed by atoms with van der Waals surface area (Å²) in [6.07, 6.45) is 0.